The third-order valence-corrected chi connectivity index (χ3v) is 3.15. The molecular weight excluding hydrogens is 232 g/mol. The van der Waals surface area contributed by atoms with Crippen LogP contribution in [-0.2, 0) is 0 Å². The molecular formula is C17H16N2. The number of anilines is 1. The van der Waals surface area contributed by atoms with Gasteiger partial charge in [0.2, 0.25) is 0 Å². The van der Waals surface area contributed by atoms with E-state index in [1.165, 1.54) is 5.56 Å². The van der Waals surface area contributed by atoms with Crippen LogP contribution < -0.4 is 5.32 Å². The number of hydrogen-bond acceptors (Lipinski definition) is 1. The lowest BCUT2D eigenvalue weighted by Gasteiger charge is -2.19. The minimum atomic E-state index is 0.138. The zero-order valence-electron chi connectivity index (χ0n) is 10.6. The minimum Gasteiger partial charge on any atom is -0.373 e. The fraction of sp³-hybridized carbons (Fsp3) is 0.0588. The Hall–Kier alpha value is -2.48. The normalized spacial score (nSPS) is 12.0. The van der Waals surface area contributed by atoms with Crippen molar-refractivity contribution < 1.29 is 0 Å². The van der Waals surface area contributed by atoms with Gasteiger partial charge >= 0.3 is 0 Å². The molecule has 2 heteroatoms. The molecule has 0 saturated carbocycles. The fourth-order valence-electron chi connectivity index (χ4n) is 2.21. The molecule has 2 nitrogen and oxygen atoms in total. The van der Waals surface area contributed by atoms with Crippen LogP contribution in [0.1, 0.15) is 17.3 Å². The smallest absolute Gasteiger partial charge is 0.0917 e. The Labute approximate surface area is 113 Å². The fourth-order valence-corrected chi connectivity index (χ4v) is 2.21. The maximum atomic E-state index is 3.57. The van der Waals surface area contributed by atoms with E-state index in [9.17, 15) is 0 Å². The minimum absolute atomic E-state index is 0.138. The van der Waals surface area contributed by atoms with E-state index in [-0.39, 0.29) is 6.04 Å². The van der Waals surface area contributed by atoms with Crippen molar-refractivity contribution in [2.24, 2.45) is 0 Å². The molecule has 3 rings (SSSR count). The van der Waals surface area contributed by atoms with Gasteiger partial charge in [-0.25, -0.2) is 0 Å². The maximum Gasteiger partial charge on any atom is 0.0917 e. The molecule has 1 aromatic heterocycles. The van der Waals surface area contributed by atoms with Crippen LogP contribution in [0.4, 0.5) is 5.69 Å². The van der Waals surface area contributed by atoms with Gasteiger partial charge in [-0.1, -0.05) is 48.5 Å². The summed E-state index contributed by atoms with van der Waals surface area (Å²) in [6, 6.07) is 25.0. The van der Waals surface area contributed by atoms with Crippen molar-refractivity contribution in [1.29, 1.82) is 0 Å². The highest BCUT2D eigenvalue weighted by molar-refractivity contribution is 5.48. The van der Waals surface area contributed by atoms with E-state index in [4.69, 9.17) is 0 Å². The van der Waals surface area contributed by atoms with Gasteiger partial charge in [-0.3, -0.25) is 0 Å². The van der Waals surface area contributed by atoms with Crippen molar-refractivity contribution in [1.82, 2.24) is 4.98 Å². The number of nitrogens with one attached hydrogen (secondary N) is 2. The van der Waals surface area contributed by atoms with Crippen molar-refractivity contribution in [2.45, 2.75) is 6.04 Å². The van der Waals surface area contributed by atoms with Crippen LogP contribution in [0.5, 0.6) is 0 Å². The second-order valence-corrected chi connectivity index (χ2v) is 4.48. The molecule has 94 valence electrons. The standard InChI is InChI=1S/C17H16N2/c1-3-8-14(9-4-1)17(16-12-7-13-18-16)19-15-10-5-2-6-11-15/h1-13,17-19H. The topological polar surface area (TPSA) is 27.8 Å². The quantitative estimate of drug-likeness (QED) is 0.711. The van der Waals surface area contributed by atoms with E-state index in [0.29, 0.717) is 0 Å². The zero-order valence-corrected chi connectivity index (χ0v) is 10.6. The second kappa shape index (κ2) is 5.44. The van der Waals surface area contributed by atoms with E-state index < -0.39 is 0 Å². The Balaban J connectivity index is 1.94. The third-order valence-electron chi connectivity index (χ3n) is 3.15. The lowest BCUT2D eigenvalue weighted by molar-refractivity contribution is 0.900. The van der Waals surface area contributed by atoms with E-state index in [1.54, 1.807) is 0 Å². The molecule has 0 saturated heterocycles. The first-order valence-electron chi connectivity index (χ1n) is 6.43. The van der Waals surface area contributed by atoms with Crippen LogP contribution in [0.3, 0.4) is 0 Å². The van der Waals surface area contributed by atoms with Crippen LogP contribution in [-0.4, -0.2) is 4.98 Å². The summed E-state index contributed by atoms with van der Waals surface area (Å²) in [5.74, 6) is 0. The van der Waals surface area contributed by atoms with Gasteiger partial charge in [0.1, 0.15) is 0 Å². The molecule has 0 bridgehead atoms. The molecule has 0 amide bonds. The number of aromatic amines is 1. The Bertz CT molecular complexity index is 600. The summed E-state index contributed by atoms with van der Waals surface area (Å²) in [4.78, 5) is 3.29. The molecule has 0 aliphatic heterocycles. The van der Waals surface area contributed by atoms with E-state index in [0.717, 1.165) is 11.4 Å². The monoisotopic (exact) mass is 248 g/mol. The molecule has 0 aliphatic carbocycles. The van der Waals surface area contributed by atoms with E-state index in [1.807, 2.05) is 36.5 Å². The molecule has 0 radical (unpaired) electrons. The molecule has 0 aliphatic rings. The number of hydrogen-bond donors (Lipinski definition) is 2. The second-order valence-electron chi connectivity index (χ2n) is 4.48. The van der Waals surface area contributed by atoms with Crippen LogP contribution in [0.2, 0.25) is 0 Å². The van der Waals surface area contributed by atoms with Gasteiger partial charge in [0.15, 0.2) is 0 Å². The molecule has 0 fully saturated rings. The number of aromatic nitrogens is 1. The molecule has 1 unspecified atom stereocenters. The van der Waals surface area contributed by atoms with Crippen molar-refractivity contribution in [3.05, 3.63) is 90.3 Å². The molecule has 2 N–H and O–H groups in total. The lowest BCUT2D eigenvalue weighted by atomic mass is 10.0. The van der Waals surface area contributed by atoms with Crippen LogP contribution in [0.25, 0.3) is 0 Å². The average molecular weight is 248 g/mol. The van der Waals surface area contributed by atoms with Crippen LogP contribution >= 0.6 is 0 Å². The summed E-state index contributed by atoms with van der Waals surface area (Å²) in [5, 5.41) is 3.57. The van der Waals surface area contributed by atoms with Crippen molar-refractivity contribution in [3.8, 4) is 0 Å². The highest BCUT2D eigenvalue weighted by Gasteiger charge is 2.14. The average Bonchev–Trinajstić information content (AvgIpc) is 3.01. The van der Waals surface area contributed by atoms with Gasteiger partial charge in [-0.2, -0.15) is 0 Å². The Morgan fingerprint density at radius 1 is 0.737 bits per heavy atom. The Morgan fingerprint density at radius 2 is 1.42 bits per heavy atom. The molecule has 2 aromatic carbocycles. The first-order valence-corrected chi connectivity index (χ1v) is 6.43. The zero-order chi connectivity index (χ0) is 12.9. The van der Waals surface area contributed by atoms with Crippen molar-refractivity contribution in [3.63, 3.8) is 0 Å². The van der Waals surface area contributed by atoms with Crippen molar-refractivity contribution in [2.75, 3.05) is 5.32 Å². The third kappa shape index (κ3) is 2.68. The molecule has 1 atom stereocenters. The summed E-state index contributed by atoms with van der Waals surface area (Å²) in [7, 11) is 0. The SMILES string of the molecule is c1ccc(NC(c2ccccc2)c2ccc[nH]2)cc1. The number of para-hydroxylation sites is 1. The van der Waals surface area contributed by atoms with Gasteiger partial charge in [0, 0.05) is 17.6 Å². The molecule has 3 aromatic rings. The lowest BCUT2D eigenvalue weighted by Crippen LogP contribution is -2.12. The number of H-pyrrole nitrogens is 1. The van der Waals surface area contributed by atoms with Crippen LogP contribution in [0.15, 0.2) is 79.0 Å². The Morgan fingerprint density at radius 3 is 2.05 bits per heavy atom. The number of rotatable bonds is 4. The Kier molecular flexibility index (Phi) is 3.32. The maximum absolute atomic E-state index is 3.57. The van der Waals surface area contributed by atoms with Gasteiger partial charge < -0.3 is 10.3 Å². The van der Waals surface area contributed by atoms with Crippen molar-refractivity contribution >= 4 is 5.69 Å². The first kappa shape index (κ1) is 11.6. The highest BCUT2D eigenvalue weighted by Crippen LogP contribution is 2.25. The molecule has 0 spiro atoms. The predicted octanol–water partition coefficient (Wildman–Crippen LogP) is 4.22. The van der Waals surface area contributed by atoms with E-state index in [2.05, 4.69) is 52.8 Å². The summed E-state index contributed by atoms with van der Waals surface area (Å²) in [5.41, 5.74) is 3.52. The summed E-state index contributed by atoms with van der Waals surface area (Å²) >= 11 is 0. The predicted molar refractivity (Wildman–Crippen MR) is 79.1 cm³/mol. The summed E-state index contributed by atoms with van der Waals surface area (Å²) < 4.78 is 0. The highest BCUT2D eigenvalue weighted by atomic mass is 14.9. The molecule has 19 heavy (non-hydrogen) atoms. The van der Waals surface area contributed by atoms with Gasteiger partial charge in [0.25, 0.3) is 0 Å². The first-order chi connectivity index (χ1) is 9.43. The molecule has 1 heterocycles. The van der Waals surface area contributed by atoms with E-state index >= 15 is 0 Å². The summed E-state index contributed by atoms with van der Waals surface area (Å²) in [6.45, 7) is 0. The van der Waals surface area contributed by atoms with Gasteiger partial charge in [0.05, 0.1) is 6.04 Å². The van der Waals surface area contributed by atoms with Crippen LogP contribution in [0, 0.1) is 0 Å². The number of benzene rings is 2. The van der Waals surface area contributed by atoms with Gasteiger partial charge in [-0.05, 0) is 29.8 Å². The summed E-state index contributed by atoms with van der Waals surface area (Å²) in [6.07, 6.45) is 1.96. The largest absolute Gasteiger partial charge is 0.373 e. The van der Waals surface area contributed by atoms with Gasteiger partial charge in [-0.15, -0.1) is 0 Å².